The number of nitrogens with two attached hydrogens (primary N) is 4. The fourth-order valence-corrected chi connectivity index (χ4v) is 8.90. The Balaban J connectivity index is 0.935. The number of aliphatic imine (C=N–C) groups is 2. The third kappa shape index (κ3) is 26.7. The number of hydrogen-bond acceptors (Lipinski definition) is 17. The number of carbonyl (C=O) groups is 4. The average molecular weight is 1270 g/mol. The van der Waals surface area contributed by atoms with Crippen molar-refractivity contribution >= 4 is 67.7 Å². The molecule has 4 aromatic rings. The molecule has 0 unspecified atom stereocenters. The van der Waals surface area contributed by atoms with Gasteiger partial charge in [-0.2, -0.15) is 9.98 Å². The largest absolute Gasteiger partial charge is 0.451 e. The van der Waals surface area contributed by atoms with Gasteiger partial charge in [-0.15, -0.1) is 0 Å². The monoisotopic (exact) mass is 1270 g/mol. The highest BCUT2D eigenvalue weighted by Gasteiger charge is 2.21. The van der Waals surface area contributed by atoms with E-state index in [1.165, 1.54) is 74.5 Å². The molecule has 27 nitrogen and oxygen atoms in total. The second kappa shape index (κ2) is 36.9. The third-order valence-corrected chi connectivity index (χ3v) is 14.0. The lowest BCUT2D eigenvalue weighted by Crippen LogP contribution is -2.40. The lowest BCUT2D eigenvalue weighted by molar-refractivity contribution is -0.134. The molecule has 0 heterocycles. The van der Waals surface area contributed by atoms with Crippen LogP contribution in [-0.2, 0) is 67.6 Å². The topological polar surface area (TPSA) is 408 Å². The zero-order valence-electron chi connectivity index (χ0n) is 47.2. The third-order valence-electron chi connectivity index (χ3n) is 11.0. The van der Waals surface area contributed by atoms with Crippen molar-refractivity contribution in [2.75, 3.05) is 105 Å². The van der Waals surface area contributed by atoms with Crippen LogP contribution in [0.2, 0.25) is 0 Å². The number of halogens is 4. The van der Waals surface area contributed by atoms with E-state index in [4.69, 9.17) is 60.8 Å². The molecule has 4 amide bonds. The van der Waals surface area contributed by atoms with E-state index in [-0.39, 0.29) is 149 Å². The van der Waals surface area contributed by atoms with Gasteiger partial charge in [0.15, 0.2) is 46.7 Å². The second-order valence-electron chi connectivity index (χ2n) is 17.9. The Kier molecular flexibility index (Phi) is 30.3. The normalized spacial score (nSPS) is 12.3. The van der Waals surface area contributed by atoms with Gasteiger partial charge in [-0.25, -0.2) is 43.8 Å². The number of aliphatic hydroxyl groups excluding tert-OH is 1. The predicted molar refractivity (Wildman–Crippen MR) is 307 cm³/mol. The first-order chi connectivity index (χ1) is 41.3. The molecule has 0 spiro atoms. The minimum absolute atomic E-state index is 0.00175. The number of aliphatic hydroxyl groups is 1. The van der Waals surface area contributed by atoms with Crippen molar-refractivity contribution in [2.45, 2.75) is 36.2 Å². The molecule has 0 radical (unpaired) electrons. The Bertz CT molecular complexity index is 3250. The number of rotatable bonds is 39. The maximum absolute atomic E-state index is 14.8. The van der Waals surface area contributed by atoms with E-state index in [1.54, 1.807) is 0 Å². The number of sulfonamides is 2. The number of ether oxygens (including phenoxy) is 8. The zero-order valence-corrected chi connectivity index (χ0v) is 48.8. The summed E-state index contributed by atoms with van der Waals surface area (Å²) in [7, 11) is -7.97. The summed E-state index contributed by atoms with van der Waals surface area (Å²) in [5, 5.41) is 15.1. The summed E-state index contributed by atoms with van der Waals surface area (Å²) in [6.07, 6.45) is 0.261. The molecule has 13 N–H and O–H groups in total. The number of carbonyl (C=O) groups excluding carboxylic acids is 4. The SMILES string of the molecule is C/C(=C\c1cc(F)c(Oc2ccc(S(=O)(=O)NCCOCCOCCOCCNC(=O)C[C@@H](O)C(=O)NCCOCCOCCOCCNS(=O)(=O)c3ccc(Oc4c(F)cc(/C=C(\C)C(=O)N=C(N)N)cc4F)cc3)cc2)c(F)c1)C(=O)N=C(N)N. The van der Waals surface area contributed by atoms with Gasteiger partial charge in [-0.1, -0.05) is 0 Å². The zero-order chi connectivity index (χ0) is 63.9. The minimum Gasteiger partial charge on any atom is -0.451 e. The van der Waals surface area contributed by atoms with Crippen LogP contribution in [0, 0.1) is 23.3 Å². The number of nitrogens with zero attached hydrogens (tertiary/aromatic N) is 2. The van der Waals surface area contributed by atoms with Crippen molar-refractivity contribution in [3.8, 4) is 23.0 Å². The van der Waals surface area contributed by atoms with E-state index in [9.17, 15) is 58.7 Å². The number of hydrogen-bond donors (Lipinski definition) is 9. The molecule has 4 aromatic carbocycles. The van der Waals surface area contributed by atoms with Crippen molar-refractivity contribution < 1.29 is 96.6 Å². The summed E-state index contributed by atoms with van der Waals surface area (Å²) in [6.45, 7) is 4.22. The molecule has 87 heavy (non-hydrogen) atoms. The molecular weight excluding hydrogens is 1200 g/mol. The van der Waals surface area contributed by atoms with E-state index >= 15 is 0 Å². The first kappa shape index (κ1) is 71.5. The van der Waals surface area contributed by atoms with Gasteiger partial charge in [0.2, 0.25) is 31.9 Å². The number of benzene rings is 4. The van der Waals surface area contributed by atoms with Gasteiger partial charge in [-0.3, -0.25) is 19.2 Å². The van der Waals surface area contributed by atoms with Gasteiger partial charge >= 0.3 is 0 Å². The maximum atomic E-state index is 14.8. The van der Waals surface area contributed by atoms with Crippen LogP contribution >= 0.6 is 0 Å². The molecule has 0 saturated carbocycles. The van der Waals surface area contributed by atoms with Gasteiger partial charge in [0, 0.05) is 37.3 Å². The highest BCUT2D eigenvalue weighted by Crippen LogP contribution is 2.32. The standard InChI is InChI=1S/C54H68F4N10O17S2/c1-34(50(71)67-53(59)60)27-36-29-42(55)48(43(56)30-36)84-38-3-7-40(8-4-38)86(74,75)65-13-17-80-21-25-82-23-19-78-15-11-63-47(70)33-46(69)52(73)64-12-16-79-20-24-83-26-22-81-18-14-66-87(76,77)41-9-5-39(6-10-41)85-49-44(57)31-37(32-45(49)58)28-35(2)51(72)68-54(61)62/h3-10,27-32,46,65-66,69H,11-26,33H2,1-2H3,(H,63,70)(H,64,73)(H4,59,60,67,71)(H4,61,62,68,72)/b34-27+,35-28+/t46-/m1/s1. The highest BCUT2D eigenvalue weighted by atomic mass is 32.2. The van der Waals surface area contributed by atoms with Gasteiger partial charge in [-0.05, 0) is 110 Å². The summed E-state index contributed by atoms with van der Waals surface area (Å²) in [5.41, 5.74) is 20.7. The first-order valence-corrected chi connectivity index (χ1v) is 29.2. The van der Waals surface area contributed by atoms with Gasteiger partial charge in [0.25, 0.3) is 11.8 Å². The quantitative estimate of drug-likeness (QED) is 0.0101. The number of nitrogens with one attached hydrogen (secondary N) is 4. The van der Waals surface area contributed by atoms with Crippen LogP contribution in [0.5, 0.6) is 23.0 Å². The lowest BCUT2D eigenvalue weighted by atomic mass is 10.1. The van der Waals surface area contributed by atoms with E-state index in [0.717, 1.165) is 24.3 Å². The van der Waals surface area contributed by atoms with Crippen LogP contribution in [0.4, 0.5) is 17.6 Å². The van der Waals surface area contributed by atoms with E-state index in [1.807, 2.05) is 0 Å². The lowest BCUT2D eigenvalue weighted by Gasteiger charge is -2.12. The number of guanidine groups is 2. The second-order valence-corrected chi connectivity index (χ2v) is 21.5. The summed E-state index contributed by atoms with van der Waals surface area (Å²) in [5.74, 6) is -9.88. The molecule has 0 fully saturated rings. The Morgan fingerprint density at radius 1 is 0.506 bits per heavy atom. The Labute approximate surface area is 498 Å². The van der Waals surface area contributed by atoms with Gasteiger partial charge in [0.05, 0.1) is 95.5 Å². The molecule has 33 heteroatoms. The smallest absolute Gasteiger partial charge is 0.275 e. The van der Waals surface area contributed by atoms with E-state index in [0.29, 0.717) is 0 Å². The molecule has 1 atom stereocenters. The van der Waals surface area contributed by atoms with Crippen LogP contribution in [0.15, 0.2) is 104 Å². The summed E-state index contributed by atoms with van der Waals surface area (Å²) in [6, 6.07) is 13.3. The fourth-order valence-electron chi connectivity index (χ4n) is 6.88. The first-order valence-electron chi connectivity index (χ1n) is 26.2. The highest BCUT2D eigenvalue weighted by molar-refractivity contribution is 7.89. The van der Waals surface area contributed by atoms with E-state index in [2.05, 4.69) is 30.1 Å². The van der Waals surface area contributed by atoms with Gasteiger partial charge < -0.3 is 76.6 Å². The molecule has 4 rings (SSSR count). The maximum Gasteiger partial charge on any atom is 0.275 e. The minimum atomic E-state index is -3.98. The van der Waals surface area contributed by atoms with Crippen molar-refractivity contribution in [1.82, 2.24) is 20.1 Å². The average Bonchev–Trinajstić information content (AvgIpc) is 2.45. The van der Waals surface area contributed by atoms with E-state index < -0.39 is 103 Å². The van der Waals surface area contributed by atoms with Crippen molar-refractivity contribution in [1.29, 1.82) is 0 Å². The van der Waals surface area contributed by atoms with Crippen LogP contribution in [0.1, 0.15) is 31.4 Å². The Hall–Kier alpha value is -7.96. The number of amides is 4. The molecule has 0 aliphatic rings. The van der Waals surface area contributed by atoms with Crippen molar-refractivity contribution in [2.24, 2.45) is 32.9 Å². The Morgan fingerprint density at radius 3 is 1.15 bits per heavy atom. The molecule has 0 aromatic heterocycles. The van der Waals surface area contributed by atoms with Gasteiger partial charge in [0.1, 0.15) is 17.6 Å². The van der Waals surface area contributed by atoms with Crippen molar-refractivity contribution in [3.63, 3.8) is 0 Å². The molecule has 476 valence electrons. The molecule has 0 aliphatic carbocycles. The molecule has 0 aliphatic heterocycles. The van der Waals surface area contributed by atoms with Crippen molar-refractivity contribution in [3.05, 3.63) is 118 Å². The molecule has 0 saturated heterocycles. The fraction of sp³-hybridized carbons (Fsp3) is 0.370. The van der Waals surface area contributed by atoms with Crippen LogP contribution in [-0.4, -0.2) is 169 Å². The summed E-state index contributed by atoms with van der Waals surface area (Å²) in [4.78, 5) is 54.6. The van der Waals surface area contributed by atoms with Crippen LogP contribution < -0.4 is 52.5 Å². The van der Waals surface area contributed by atoms with Crippen LogP contribution in [0.25, 0.3) is 12.2 Å². The molecular formula is C54H68F4N10O17S2. The Morgan fingerprint density at radius 2 is 0.816 bits per heavy atom. The molecule has 0 bridgehead atoms. The predicted octanol–water partition coefficient (Wildman–Crippen LogP) is 1.57. The summed E-state index contributed by atoms with van der Waals surface area (Å²) >= 11 is 0. The van der Waals surface area contributed by atoms with Crippen LogP contribution in [0.3, 0.4) is 0 Å². The summed E-state index contributed by atoms with van der Waals surface area (Å²) < 4.78 is 158.